The summed E-state index contributed by atoms with van der Waals surface area (Å²) in [5, 5.41) is 4.18. The lowest BCUT2D eigenvalue weighted by Gasteiger charge is -2.27. The molecule has 0 aromatic heterocycles. The fourth-order valence-corrected chi connectivity index (χ4v) is 3.44. The molecule has 4 heteroatoms. The fraction of sp³-hybridized carbons (Fsp3) is 0.136. The maximum Gasteiger partial charge on any atom is 0.260 e. The van der Waals surface area contributed by atoms with Crippen LogP contribution in [0.25, 0.3) is 0 Å². The van der Waals surface area contributed by atoms with Crippen molar-refractivity contribution in [2.24, 2.45) is 0 Å². The molecule has 1 aliphatic heterocycles. The van der Waals surface area contributed by atoms with Gasteiger partial charge in [-0.05, 0) is 67.4 Å². The molecule has 26 heavy (non-hydrogen) atoms. The maximum absolute atomic E-state index is 13.1. The third-order valence-corrected chi connectivity index (χ3v) is 5.13. The molecule has 4 rings (SSSR count). The van der Waals surface area contributed by atoms with Gasteiger partial charge in [0.2, 0.25) is 0 Å². The number of hydrogen-bond acceptors (Lipinski definition) is 2. The van der Waals surface area contributed by atoms with Crippen LogP contribution in [0.5, 0.6) is 0 Å². The molecule has 1 heterocycles. The Hall–Kier alpha value is -2.78. The summed E-state index contributed by atoms with van der Waals surface area (Å²) in [4.78, 5) is 14.8. The minimum atomic E-state index is -0.262. The molecule has 130 valence electrons. The lowest BCUT2D eigenvalue weighted by atomic mass is 10.1. The number of nitrogens with one attached hydrogen (secondary N) is 1. The van der Waals surface area contributed by atoms with E-state index in [-0.39, 0.29) is 12.1 Å². The number of aryl methyl sites for hydroxylation is 2. The van der Waals surface area contributed by atoms with E-state index in [0.717, 1.165) is 22.5 Å². The van der Waals surface area contributed by atoms with Gasteiger partial charge in [0.1, 0.15) is 6.17 Å². The molecule has 1 N–H and O–H groups in total. The lowest BCUT2D eigenvalue weighted by molar-refractivity contribution is 0.0993. The van der Waals surface area contributed by atoms with Crippen molar-refractivity contribution in [2.75, 3.05) is 10.2 Å². The van der Waals surface area contributed by atoms with E-state index in [2.05, 4.69) is 31.3 Å². The zero-order valence-electron chi connectivity index (χ0n) is 14.7. The van der Waals surface area contributed by atoms with Crippen molar-refractivity contribution in [1.82, 2.24) is 0 Å². The van der Waals surface area contributed by atoms with Crippen LogP contribution in [0.2, 0.25) is 5.02 Å². The van der Waals surface area contributed by atoms with Crippen molar-refractivity contribution >= 4 is 28.9 Å². The molecule has 1 aliphatic rings. The molecule has 0 fully saturated rings. The van der Waals surface area contributed by atoms with E-state index in [1.807, 2.05) is 42.5 Å². The van der Waals surface area contributed by atoms with Crippen LogP contribution in [0.4, 0.5) is 11.4 Å². The topological polar surface area (TPSA) is 32.3 Å². The fourth-order valence-electron chi connectivity index (χ4n) is 3.32. The molecular weight excluding hydrogens is 344 g/mol. The van der Waals surface area contributed by atoms with Gasteiger partial charge in [-0.1, -0.05) is 35.9 Å². The number of nitrogens with zero attached hydrogens (tertiary/aromatic N) is 1. The Kier molecular flexibility index (Phi) is 4.17. The van der Waals surface area contributed by atoms with E-state index in [4.69, 9.17) is 11.6 Å². The van der Waals surface area contributed by atoms with Crippen LogP contribution in [0, 0.1) is 13.8 Å². The molecule has 1 amide bonds. The summed E-state index contributed by atoms with van der Waals surface area (Å²) in [6.45, 7) is 4.18. The Balaban J connectivity index is 1.77. The first-order valence-corrected chi connectivity index (χ1v) is 8.94. The number of carbonyl (C=O) groups is 1. The van der Waals surface area contributed by atoms with E-state index in [1.54, 1.807) is 17.0 Å². The molecule has 3 aromatic rings. The second-order valence-electron chi connectivity index (χ2n) is 6.58. The van der Waals surface area contributed by atoms with Gasteiger partial charge in [-0.3, -0.25) is 9.69 Å². The predicted molar refractivity (Wildman–Crippen MR) is 107 cm³/mol. The zero-order valence-corrected chi connectivity index (χ0v) is 15.4. The number of benzene rings is 3. The van der Waals surface area contributed by atoms with Crippen LogP contribution in [-0.4, -0.2) is 5.91 Å². The Morgan fingerprint density at radius 1 is 0.923 bits per heavy atom. The smallest absolute Gasteiger partial charge is 0.260 e. The van der Waals surface area contributed by atoms with E-state index in [1.165, 1.54) is 11.1 Å². The summed E-state index contributed by atoms with van der Waals surface area (Å²) in [7, 11) is 0. The van der Waals surface area contributed by atoms with Crippen molar-refractivity contribution < 1.29 is 4.79 Å². The second kappa shape index (κ2) is 6.50. The molecule has 0 unspecified atom stereocenters. The number of amides is 1. The van der Waals surface area contributed by atoms with Crippen LogP contribution in [0.15, 0.2) is 66.7 Å². The minimum Gasteiger partial charge on any atom is -0.361 e. The summed E-state index contributed by atoms with van der Waals surface area (Å²) in [6.07, 6.45) is -0.262. The van der Waals surface area contributed by atoms with Crippen LogP contribution >= 0.6 is 11.6 Å². The van der Waals surface area contributed by atoms with Gasteiger partial charge in [-0.15, -0.1) is 0 Å². The van der Waals surface area contributed by atoms with Gasteiger partial charge in [0.05, 0.1) is 0 Å². The zero-order chi connectivity index (χ0) is 18.3. The van der Waals surface area contributed by atoms with Gasteiger partial charge >= 0.3 is 0 Å². The molecule has 0 saturated heterocycles. The van der Waals surface area contributed by atoms with Crippen LogP contribution < -0.4 is 10.2 Å². The van der Waals surface area contributed by atoms with Gasteiger partial charge in [0, 0.05) is 27.5 Å². The highest BCUT2D eigenvalue weighted by Crippen LogP contribution is 2.38. The van der Waals surface area contributed by atoms with Crippen molar-refractivity contribution in [3.8, 4) is 0 Å². The van der Waals surface area contributed by atoms with Crippen LogP contribution in [0.1, 0.15) is 33.2 Å². The molecular formula is C22H19ClN2O. The lowest BCUT2D eigenvalue weighted by Crippen LogP contribution is -2.32. The molecule has 0 spiro atoms. The normalized spacial score (nSPS) is 15.9. The number of anilines is 2. The molecule has 1 atom stereocenters. The minimum absolute atomic E-state index is 0.00995. The summed E-state index contributed by atoms with van der Waals surface area (Å²) >= 11 is 6.02. The Labute approximate surface area is 158 Å². The summed E-state index contributed by atoms with van der Waals surface area (Å²) in [6, 6.07) is 21.4. The third-order valence-electron chi connectivity index (χ3n) is 4.88. The SMILES string of the molecule is Cc1ccc(N[C@@H]2c3ccccc3C(=O)N2c2ccc(Cl)cc2)cc1C. The molecule has 0 aliphatic carbocycles. The Morgan fingerprint density at radius 2 is 1.65 bits per heavy atom. The molecule has 0 radical (unpaired) electrons. The highest BCUT2D eigenvalue weighted by atomic mass is 35.5. The average Bonchev–Trinajstić information content (AvgIpc) is 2.92. The Bertz CT molecular complexity index is 982. The van der Waals surface area contributed by atoms with E-state index in [0.29, 0.717) is 5.02 Å². The molecule has 0 bridgehead atoms. The second-order valence-corrected chi connectivity index (χ2v) is 7.02. The number of carbonyl (C=O) groups excluding carboxylic acids is 1. The summed E-state index contributed by atoms with van der Waals surface area (Å²) < 4.78 is 0. The predicted octanol–water partition coefficient (Wildman–Crippen LogP) is 5.73. The van der Waals surface area contributed by atoms with E-state index < -0.39 is 0 Å². The van der Waals surface area contributed by atoms with Crippen LogP contribution in [0.3, 0.4) is 0 Å². The molecule has 3 nitrogen and oxygen atoms in total. The first-order chi connectivity index (χ1) is 12.5. The van der Waals surface area contributed by atoms with Gasteiger partial charge in [-0.2, -0.15) is 0 Å². The maximum atomic E-state index is 13.1. The first kappa shape index (κ1) is 16.7. The summed E-state index contributed by atoms with van der Waals surface area (Å²) in [5.41, 5.74) is 5.96. The largest absolute Gasteiger partial charge is 0.361 e. The van der Waals surface area contributed by atoms with Gasteiger partial charge in [0.15, 0.2) is 0 Å². The highest BCUT2D eigenvalue weighted by molar-refractivity contribution is 6.30. The van der Waals surface area contributed by atoms with Crippen molar-refractivity contribution in [1.29, 1.82) is 0 Å². The van der Waals surface area contributed by atoms with E-state index in [9.17, 15) is 4.79 Å². The number of rotatable bonds is 3. The monoisotopic (exact) mass is 362 g/mol. The first-order valence-electron chi connectivity index (χ1n) is 8.56. The molecule has 3 aromatic carbocycles. The van der Waals surface area contributed by atoms with E-state index >= 15 is 0 Å². The van der Waals surface area contributed by atoms with Crippen LogP contribution in [-0.2, 0) is 0 Å². The number of hydrogen-bond donors (Lipinski definition) is 1. The van der Waals surface area contributed by atoms with Crippen molar-refractivity contribution in [3.63, 3.8) is 0 Å². The molecule has 0 saturated carbocycles. The summed E-state index contributed by atoms with van der Waals surface area (Å²) in [5.74, 6) is -0.00995. The highest BCUT2D eigenvalue weighted by Gasteiger charge is 2.37. The number of halogens is 1. The Morgan fingerprint density at radius 3 is 2.38 bits per heavy atom. The standard InChI is InChI=1S/C22H19ClN2O/c1-14-7-10-17(13-15(14)2)24-21-19-5-3-4-6-20(19)22(26)25(21)18-11-8-16(23)9-12-18/h3-13,21,24H,1-2H3/t21-/m0/s1. The third kappa shape index (κ3) is 2.85. The van der Waals surface area contributed by atoms with Crippen molar-refractivity contribution in [3.05, 3.63) is 94.0 Å². The quantitative estimate of drug-likeness (QED) is 0.645. The number of fused-ring (bicyclic) bond motifs is 1. The average molecular weight is 363 g/mol. The van der Waals surface area contributed by atoms with Gasteiger partial charge in [-0.25, -0.2) is 0 Å². The van der Waals surface area contributed by atoms with Gasteiger partial charge in [0.25, 0.3) is 5.91 Å². The van der Waals surface area contributed by atoms with Crippen molar-refractivity contribution in [2.45, 2.75) is 20.0 Å². The van der Waals surface area contributed by atoms with Gasteiger partial charge < -0.3 is 5.32 Å².